The van der Waals surface area contributed by atoms with Gasteiger partial charge in [-0.3, -0.25) is 4.79 Å². The third kappa shape index (κ3) is 3.48. The number of ether oxygens (including phenoxy) is 1. The lowest BCUT2D eigenvalue weighted by molar-refractivity contribution is -0.117. The molecule has 3 heteroatoms. The number of carbonyl (C=O) groups is 1. The fraction of sp³-hybridized carbons (Fsp3) is 0.316. The number of rotatable bonds is 4. The molecule has 0 heterocycles. The van der Waals surface area contributed by atoms with Crippen molar-refractivity contribution in [3.63, 3.8) is 0 Å². The van der Waals surface area contributed by atoms with E-state index < -0.39 is 0 Å². The number of hydrogen-bond acceptors (Lipinski definition) is 2. The van der Waals surface area contributed by atoms with E-state index in [1.807, 2.05) is 36.4 Å². The molecule has 1 N–H and O–H groups in total. The fourth-order valence-electron chi connectivity index (χ4n) is 2.96. The van der Waals surface area contributed by atoms with E-state index in [2.05, 4.69) is 11.4 Å². The molecule has 0 aromatic heterocycles. The van der Waals surface area contributed by atoms with Crippen molar-refractivity contribution in [3.8, 4) is 5.75 Å². The van der Waals surface area contributed by atoms with E-state index in [4.69, 9.17) is 4.74 Å². The molecule has 2 aromatic rings. The first-order chi connectivity index (χ1) is 10.7. The van der Waals surface area contributed by atoms with Gasteiger partial charge in [0.2, 0.25) is 5.91 Å². The lowest BCUT2D eigenvalue weighted by Gasteiger charge is -2.09. The van der Waals surface area contributed by atoms with E-state index in [-0.39, 0.29) is 5.91 Å². The number of carbonyl (C=O) groups excluding carboxylic acids is 1. The van der Waals surface area contributed by atoms with E-state index in [9.17, 15) is 4.79 Å². The first-order valence-electron chi connectivity index (χ1n) is 7.81. The van der Waals surface area contributed by atoms with Gasteiger partial charge in [-0.2, -0.15) is 0 Å². The minimum atomic E-state index is 0.00160. The molecule has 0 bridgehead atoms. The summed E-state index contributed by atoms with van der Waals surface area (Å²) >= 11 is 0. The highest BCUT2D eigenvalue weighted by Crippen LogP contribution is 2.22. The molecular formula is C19H21NO2. The molecule has 0 atom stereocenters. The zero-order valence-electron chi connectivity index (χ0n) is 12.8. The molecule has 1 aliphatic carbocycles. The van der Waals surface area contributed by atoms with Gasteiger partial charge in [-0.15, -0.1) is 0 Å². The summed E-state index contributed by atoms with van der Waals surface area (Å²) in [6.45, 7) is 0. The van der Waals surface area contributed by atoms with Gasteiger partial charge in [0.1, 0.15) is 5.75 Å². The highest BCUT2D eigenvalue weighted by Gasteiger charge is 2.15. The Hall–Kier alpha value is -2.29. The van der Waals surface area contributed by atoms with Crippen LogP contribution in [0.25, 0.3) is 16.8 Å². The van der Waals surface area contributed by atoms with Gasteiger partial charge in [-0.1, -0.05) is 31.0 Å². The van der Waals surface area contributed by atoms with Gasteiger partial charge >= 0.3 is 0 Å². The van der Waals surface area contributed by atoms with Crippen LogP contribution >= 0.6 is 0 Å². The van der Waals surface area contributed by atoms with Crippen LogP contribution in [0, 0.1) is 0 Å². The number of nitrogens with one attached hydrogen (secondary N) is 1. The lowest BCUT2D eigenvalue weighted by atomic mass is 10.1. The predicted octanol–water partition coefficient (Wildman–Crippen LogP) is 3.92. The lowest BCUT2D eigenvalue weighted by Crippen LogP contribution is -2.30. The molecule has 1 amide bonds. The summed E-state index contributed by atoms with van der Waals surface area (Å²) in [5.74, 6) is 0.855. The molecule has 0 saturated heterocycles. The Morgan fingerprint density at radius 2 is 1.86 bits per heavy atom. The first kappa shape index (κ1) is 14.6. The van der Waals surface area contributed by atoms with Gasteiger partial charge in [0.15, 0.2) is 0 Å². The van der Waals surface area contributed by atoms with Crippen LogP contribution in [0.4, 0.5) is 0 Å². The van der Waals surface area contributed by atoms with Crippen molar-refractivity contribution in [1.82, 2.24) is 5.32 Å². The summed E-state index contributed by atoms with van der Waals surface area (Å²) in [4.78, 5) is 11.9. The van der Waals surface area contributed by atoms with Crippen molar-refractivity contribution < 1.29 is 9.53 Å². The molecule has 114 valence electrons. The normalized spacial score (nSPS) is 15.5. The van der Waals surface area contributed by atoms with E-state index >= 15 is 0 Å². The Morgan fingerprint density at radius 3 is 2.64 bits per heavy atom. The summed E-state index contributed by atoms with van der Waals surface area (Å²) in [5.41, 5.74) is 1.03. The summed E-state index contributed by atoms with van der Waals surface area (Å²) in [6, 6.07) is 12.5. The maximum Gasteiger partial charge on any atom is 0.244 e. The Bertz CT molecular complexity index is 700. The molecule has 0 radical (unpaired) electrons. The number of hydrogen-bond donors (Lipinski definition) is 1. The average Bonchev–Trinajstić information content (AvgIpc) is 3.05. The number of fused-ring (bicyclic) bond motifs is 1. The maximum atomic E-state index is 11.9. The van der Waals surface area contributed by atoms with E-state index in [0.717, 1.165) is 34.9 Å². The van der Waals surface area contributed by atoms with Crippen LogP contribution in [0.3, 0.4) is 0 Å². The van der Waals surface area contributed by atoms with E-state index in [1.165, 1.54) is 12.8 Å². The van der Waals surface area contributed by atoms with Crippen molar-refractivity contribution in [2.75, 3.05) is 7.11 Å². The van der Waals surface area contributed by atoms with Crippen molar-refractivity contribution in [2.24, 2.45) is 0 Å². The summed E-state index contributed by atoms with van der Waals surface area (Å²) in [7, 11) is 1.67. The van der Waals surface area contributed by atoms with Crippen LogP contribution in [0.1, 0.15) is 31.2 Å². The minimum Gasteiger partial charge on any atom is -0.497 e. The molecule has 1 fully saturated rings. The zero-order valence-corrected chi connectivity index (χ0v) is 12.8. The molecule has 3 rings (SSSR count). The third-order valence-electron chi connectivity index (χ3n) is 4.20. The Morgan fingerprint density at radius 1 is 1.14 bits per heavy atom. The molecule has 1 saturated carbocycles. The van der Waals surface area contributed by atoms with Gasteiger partial charge < -0.3 is 10.1 Å². The van der Waals surface area contributed by atoms with Crippen LogP contribution in [-0.4, -0.2) is 19.1 Å². The summed E-state index contributed by atoms with van der Waals surface area (Å²) in [5, 5.41) is 5.33. The van der Waals surface area contributed by atoms with Crippen molar-refractivity contribution in [1.29, 1.82) is 0 Å². The molecule has 1 aliphatic rings. The molecule has 3 nitrogen and oxygen atoms in total. The maximum absolute atomic E-state index is 11.9. The van der Waals surface area contributed by atoms with E-state index in [0.29, 0.717) is 6.04 Å². The second kappa shape index (κ2) is 6.65. The second-order valence-electron chi connectivity index (χ2n) is 5.80. The quantitative estimate of drug-likeness (QED) is 0.868. The predicted molar refractivity (Wildman–Crippen MR) is 89.9 cm³/mol. The Labute approximate surface area is 131 Å². The fourth-order valence-corrected chi connectivity index (χ4v) is 2.96. The largest absolute Gasteiger partial charge is 0.497 e. The number of benzene rings is 2. The number of amides is 1. The highest BCUT2D eigenvalue weighted by molar-refractivity contribution is 5.93. The van der Waals surface area contributed by atoms with Crippen molar-refractivity contribution >= 4 is 22.8 Å². The Kier molecular flexibility index (Phi) is 4.42. The molecule has 22 heavy (non-hydrogen) atoms. The van der Waals surface area contributed by atoms with Gasteiger partial charge in [-0.25, -0.2) is 0 Å². The van der Waals surface area contributed by atoms with Crippen LogP contribution in [0.2, 0.25) is 0 Å². The SMILES string of the molecule is COc1ccc2cc(C=CC(=O)NC3CCCC3)ccc2c1. The molecule has 0 unspecified atom stereocenters. The highest BCUT2D eigenvalue weighted by atomic mass is 16.5. The van der Waals surface area contributed by atoms with Crippen molar-refractivity contribution in [2.45, 2.75) is 31.7 Å². The topological polar surface area (TPSA) is 38.3 Å². The van der Waals surface area contributed by atoms with Gasteiger partial charge in [0, 0.05) is 12.1 Å². The summed E-state index contributed by atoms with van der Waals surface area (Å²) < 4.78 is 5.23. The average molecular weight is 295 g/mol. The van der Waals surface area contributed by atoms with Crippen LogP contribution in [-0.2, 0) is 4.79 Å². The Balaban J connectivity index is 1.70. The molecular weight excluding hydrogens is 274 g/mol. The number of methoxy groups -OCH3 is 1. The second-order valence-corrected chi connectivity index (χ2v) is 5.80. The van der Waals surface area contributed by atoms with Gasteiger partial charge in [-0.05, 0) is 53.5 Å². The monoisotopic (exact) mass is 295 g/mol. The van der Waals surface area contributed by atoms with E-state index in [1.54, 1.807) is 13.2 Å². The smallest absolute Gasteiger partial charge is 0.244 e. The van der Waals surface area contributed by atoms with Crippen molar-refractivity contribution in [3.05, 3.63) is 48.0 Å². The standard InChI is InChI=1S/C19H21NO2/c1-22-18-10-9-15-12-14(6-8-16(15)13-18)7-11-19(21)20-17-4-2-3-5-17/h6-13,17H,2-5H2,1H3,(H,20,21). The zero-order chi connectivity index (χ0) is 15.4. The van der Waals surface area contributed by atoms with Gasteiger partial charge in [0.05, 0.1) is 7.11 Å². The van der Waals surface area contributed by atoms with Crippen LogP contribution in [0.15, 0.2) is 42.5 Å². The first-order valence-corrected chi connectivity index (χ1v) is 7.81. The summed E-state index contributed by atoms with van der Waals surface area (Å²) in [6.07, 6.45) is 8.16. The molecule has 0 aliphatic heterocycles. The molecule has 0 spiro atoms. The molecule has 2 aromatic carbocycles. The van der Waals surface area contributed by atoms with Crippen LogP contribution < -0.4 is 10.1 Å². The third-order valence-corrected chi connectivity index (χ3v) is 4.20. The minimum absolute atomic E-state index is 0.00160. The van der Waals surface area contributed by atoms with Crippen LogP contribution in [0.5, 0.6) is 5.75 Å². The van der Waals surface area contributed by atoms with Gasteiger partial charge in [0.25, 0.3) is 0 Å².